The first-order chi connectivity index (χ1) is 11.9. The van der Waals surface area contributed by atoms with Gasteiger partial charge in [0.05, 0.1) is 0 Å². The van der Waals surface area contributed by atoms with Crippen LogP contribution in [0, 0.1) is 0 Å². The lowest BCUT2D eigenvalue weighted by Crippen LogP contribution is -2.33. The molecule has 0 saturated carbocycles. The van der Waals surface area contributed by atoms with E-state index in [1.54, 1.807) is 0 Å². The van der Waals surface area contributed by atoms with Crippen LogP contribution >= 0.6 is 0 Å². The molecule has 5 heteroatoms. The molecule has 0 spiro atoms. The summed E-state index contributed by atoms with van der Waals surface area (Å²) in [6.07, 6.45) is 4.39. The summed E-state index contributed by atoms with van der Waals surface area (Å²) in [5.41, 5.74) is 0.705. The Hall–Kier alpha value is -1.75. The van der Waals surface area contributed by atoms with Gasteiger partial charge in [0.15, 0.2) is 0 Å². The minimum atomic E-state index is -0.461. The largest absolute Gasteiger partial charge is 0.492 e. The van der Waals surface area contributed by atoms with Crippen molar-refractivity contribution in [2.45, 2.75) is 52.1 Å². The first-order valence-electron chi connectivity index (χ1n) is 9.33. The Bertz CT molecular complexity index is 517. The van der Waals surface area contributed by atoms with E-state index in [9.17, 15) is 4.79 Å². The maximum absolute atomic E-state index is 11.6. The maximum atomic E-state index is 11.6. The molecule has 5 nitrogen and oxygen atoms in total. The number of rotatable bonds is 7. The van der Waals surface area contributed by atoms with Crippen molar-refractivity contribution in [2.24, 2.45) is 0 Å². The molecule has 0 radical (unpaired) electrons. The lowest BCUT2D eigenvalue weighted by atomic mass is 10.1. The zero-order valence-corrected chi connectivity index (χ0v) is 15.8. The summed E-state index contributed by atoms with van der Waals surface area (Å²) in [5, 5.41) is 2.78. The molecule has 1 N–H and O–H groups in total. The summed E-state index contributed by atoms with van der Waals surface area (Å²) in [5.74, 6) is 0.904. The molecule has 0 aliphatic carbocycles. The van der Waals surface area contributed by atoms with Crippen LogP contribution in [0.1, 0.15) is 45.6 Å². The molecule has 0 unspecified atom stereocenters. The van der Waals surface area contributed by atoms with Crippen LogP contribution < -0.4 is 10.1 Å². The number of hydrogen-bond acceptors (Lipinski definition) is 4. The fraction of sp³-hybridized carbons (Fsp3) is 0.650. The number of likely N-dealkylation sites (tertiary alicyclic amines) is 1. The van der Waals surface area contributed by atoms with Crippen LogP contribution in [0.3, 0.4) is 0 Å². The number of benzene rings is 1. The standard InChI is InChI=1S/C20H32N2O3/c1-20(2,3)25-19(23)21-12-11-17-7-9-18(10-8-17)24-16-15-22-13-5-4-6-14-22/h7-10H,4-6,11-16H2,1-3H3,(H,21,23). The molecule has 1 heterocycles. The van der Waals surface area contributed by atoms with Crippen molar-refractivity contribution in [1.82, 2.24) is 10.2 Å². The van der Waals surface area contributed by atoms with Crippen molar-refractivity contribution in [3.8, 4) is 5.75 Å². The maximum Gasteiger partial charge on any atom is 0.407 e. The Kier molecular flexibility index (Phi) is 7.56. The summed E-state index contributed by atoms with van der Waals surface area (Å²) in [6.45, 7) is 10.3. The highest BCUT2D eigenvalue weighted by Gasteiger charge is 2.15. The molecule has 1 aliphatic rings. The Morgan fingerprint density at radius 2 is 1.80 bits per heavy atom. The molecule has 1 fully saturated rings. The number of carbonyl (C=O) groups is 1. The van der Waals surface area contributed by atoms with E-state index in [1.807, 2.05) is 45.0 Å². The number of nitrogens with one attached hydrogen (secondary N) is 1. The van der Waals surface area contributed by atoms with Gasteiger partial charge in [0.1, 0.15) is 18.0 Å². The van der Waals surface area contributed by atoms with Gasteiger partial charge in [-0.3, -0.25) is 4.90 Å². The zero-order chi connectivity index (χ0) is 18.1. The van der Waals surface area contributed by atoms with E-state index >= 15 is 0 Å². The van der Waals surface area contributed by atoms with Gasteiger partial charge in [0.25, 0.3) is 0 Å². The number of ether oxygens (including phenoxy) is 2. The Balaban J connectivity index is 1.63. The van der Waals surface area contributed by atoms with Gasteiger partial charge in [-0.1, -0.05) is 18.6 Å². The van der Waals surface area contributed by atoms with Crippen molar-refractivity contribution in [3.63, 3.8) is 0 Å². The van der Waals surface area contributed by atoms with E-state index in [4.69, 9.17) is 9.47 Å². The van der Waals surface area contributed by atoms with Crippen LogP contribution in [0.15, 0.2) is 24.3 Å². The number of hydrogen-bond donors (Lipinski definition) is 1. The molecule has 1 amide bonds. The Labute approximate surface area is 151 Å². The van der Waals surface area contributed by atoms with Gasteiger partial charge in [0.2, 0.25) is 0 Å². The smallest absolute Gasteiger partial charge is 0.407 e. The predicted molar refractivity (Wildman–Crippen MR) is 100 cm³/mol. The van der Waals surface area contributed by atoms with Crippen LogP contribution in [0.2, 0.25) is 0 Å². The Morgan fingerprint density at radius 3 is 2.44 bits per heavy atom. The highest BCUT2D eigenvalue weighted by Crippen LogP contribution is 2.13. The van der Waals surface area contributed by atoms with Crippen molar-refractivity contribution in [1.29, 1.82) is 0 Å². The highest BCUT2D eigenvalue weighted by molar-refractivity contribution is 5.67. The van der Waals surface area contributed by atoms with Gasteiger partial charge < -0.3 is 14.8 Å². The predicted octanol–water partition coefficient (Wildman–Crippen LogP) is 3.62. The molecule has 1 saturated heterocycles. The third-order valence-corrected chi connectivity index (χ3v) is 4.13. The second kappa shape index (κ2) is 9.66. The van der Waals surface area contributed by atoms with E-state index in [0.717, 1.165) is 25.3 Å². The number of carbonyl (C=O) groups excluding carboxylic acids is 1. The van der Waals surface area contributed by atoms with E-state index in [0.29, 0.717) is 6.54 Å². The monoisotopic (exact) mass is 348 g/mol. The van der Waals surface area contributed by atoms with E-state index in [2.05, 4.69) is 10.2 Å². The molecule has 0 aromatic heterocycles. The van der Waals surface area contributed by atoms with Crippen LogP contribution in [-0.2, 0) is 11.2 Å². The summed E-state index contributed by atoms with van der Waals surface area (Å²) in [7, 11) is 0. The minimum Gasteiger partial charge on any atom is -0.492 e. The van der Waals surface area contributed by atoms with Gasteiger partial charge >= 0.3 is 6.09 Å². The quantitative estimate of drug-likeness (QED) is 0.818. The molecule has 0 bridgehead atoms. The minimum absolute atomic E-state index is 0.370. The Morgan fingerprint density at radius 1 is 1.12 bits per heavy atom. The third kappa shape index (κ3) is 8.25. The number of amides is 1. The number of nitrogens with zero attached hydrogens (tertiary/aromatic N) is 1. The van der Waals surface area contributed by atoms with Crippen LogP contribution in [0.5, 0.6) is 5.75 Å². The lowest BCUT2D eigenvalue weighted by molar-refractivity contribution is 0.0528. The van der Waals surface area contributed by atoms with Gasteiger partial charge in [-0.2, -0.15) is 0 Å². The van der Waals surface area contributed by atoms with E-state index in [-0.39, 0.29) is 6.09 Å². The summed E-state index contributed by atoms with van der Waals surface area (Å²) < 4.78 is 11.0. The van der Waals surface area contributed by atoms with Gasteiger partial charge in [-0.25, -0.2) is 4.79 Å². The van der Waals surface area contributed by atoms with E-state index in [1.165, 1.54) is 37.9 Å². The van der Waals surface area contributed by atoms with Crippen molar-refractivity contribution >= 4 is 6.09 Å². The summed E-state index contributed by atoms with van der Waals surface area (Å²) >= 11 is 0. The fourth-order valence-electron chi connectivity index (χ4n) is 2.85. The molecule has 25 heavy (non-hydrogen) atoms. The molecule has 1 aromatic carbocycles. The van der Waals surface area contributed by atoms with E-state index < -0.39 is 5.60 Å². The first kappa shape index (κ1) is 19.6. The topological polar surface area (TPSA) is 50.8 Å². The van der Waals surface area contributed by atoms with Gasteiger partial charge in [0, 0.05) is 13.1 Å². The molecular formula is C20H32N2O3. The summed E-state index contributed by atoms with van der Waals surface area (Å²) in [6, 6.07) is 8.10. The normalized spacial score (nSPS) is 15.6. The fourth-order valence-corrected chi connectivity index (χ4v) is 2.85. The van der Waals surface area contributed by atoms with Crippen molar-refractivity contribution in [2.75, 3.05) is 32.8 Å². The highest BCUT2D eigenvalue weighted by atomic mass is 16.6. The lowest BCUT2D eigenvalue weighted by Gasteiger charge is -2.26. The average molecular weight is 348 g/mol. The molecule has 140 valence electrons. The number of alkyl carbamates (subject to hydrolysis) is 1. The van der Waals surface area contributed by atoms with Gasteiger partial charge in [-0.15, -0.1) is 0 Å². The zero-order valence-electron chi connectivity index (χ0n) is 15.8. The molecule has 1 aromatic rings. The molecule has 0 atom stereocenters. The third-order valence-electron chi connectivity index (χ3n) is 4.13. The second-order valence-electron chi connectivity index (χ2n) is 7.57. The average Bonchev–Trinajstić information content (AvgIpc) is 2.56. The summed E-state index contributed by atoms with van der Waals surface area (Å²) in [4.78, 5) is 14.1. The van der Waals surface area contributed by atoms with Crippen molar-refractivity contribution < 1.29 is 14.3 Å². The van der Waals surface area contributed by atoms with Crippen LogP contribution in [-0.4, -0.2) is 49.4 Å². The molecule has 1 aliphatic heterocycles. The first-order valence-corrected chi connectivity index (χ1v) is 9.33. The molecule has 2 rings (SSSR count). The van der Waals surface area contributed by atoms with Crippen LogP contribution in [0.25, 0.3) is 0 Å². The molecular weight excluding hydrogens is 316 g/mol. The van der Waals surface area contributed by atoms with Crippen LogP contribution in [0.4, 0.5) is 4.79 Å². The SMILES string of the molecule is CC(C)(C)OC(=O)NCCc1ccc(OCCN2CCCCC2)cc1. The van der Waals surface area contributed by atoms with Crippen molar-refractivity contribution in [3.05, 3.63) is 29.8 Å². The number of piperidine rings is 1. The second-order valence-corrected chi connectivity index (χ2v) is 7.57. The van der Waals surface area contributed by atoms with Gasteiger partial charge in [-0.05, 0) is 70.8 Å².